The fourth-order valence-corrected chi connectivity index (χ4v) is 13.7. The van der Waals surface area contributed by atoms with Gasteiger partial charge in [0.25, 0.3) is 0 Å². The fourth-order valence-electron chi connectivity index (χ4n) is 12.9. The second-order valence-electron chi connectivity index (χ2n) is 22.8. The molecular formula is C59H68FN11O6S. The van der Waals surface area contributed by atoms with Gasteiger partial charge in [-0.3, -0.25) is 19.5 Å². The van der Waals surface area contributed by atoms with Crippen LogP contribution in [-0.2, 0) is 16.0 Å². The second-order valence-corrected chi connectivity index (χ2v) is 23.6. The molecule has 2 bridgehead atoms. The van der Waals surface area contributed by atoms with E-state index < -0.39 is 23.9 Å². The van der Waals surface area contributed by atoms with E-state index in [9.17, 15) is 19.8 Å². The van der Waals surface area contributed by atoms with Crippen molar-refractivity contribution in [3.63, 3.8) is 0 Å². The number of aliphatic hydroxyl groups is 1. The third kappa shape index (κ3) is 9.91. The average Bonchev–Trinajstić information content (AvgIpc) is 4.26. The second kappa shape index (κ2) is 21.1. The number of ether oxygens (including phenoxy) is 1. The number of thiazole rings is 1. The van der Waals surface area contributed by atoms with Gasteiger partial charge in [0.15, 0.2) is 17.4 Å². The highest BCUT2D eigenvalue weighted by atomic mass is 32.1. The lowest BCUT2D eigenvalue weighted by Gasteiger charge is -2.54. The van der Waals surface area contributed by atoms with Gasteiger partial charge in [0, 0.05) is 81.0 Å². The third-order valence-electron chi connectivity index (χ3n) is 17.2. The van der Waals surface area contributed by atoms with Crippen LogP contribution in [0, 0.1) is 24.1 Å². The molecule has 12 rings (SSSR count). The minimum atomic E-state index is -0.827. The molecule has 0 aliphatic carbocycles. The number of aryl methyl sites for hydroxylation is 2. The Balaban J connectivity index is 0.674. The van der Waals surface area contributed by atoms with Crippen molar-refractivity contribution in [3.8, 4) is 33.5 Å². The van der Waals surface area contributed by atoms with Crippen LogP contribution < -0.4 is 25.2 Å². The highest BCUT2D eigenvalue weighted by Crippen LogP contribution is 2.44. The Bertz CT molecular complexity index is 3360. The Kier molecular flexibility index (Phi) is 14.1. The summed E-state index contributed by atoms with van der Waals surface area (Å²) in [5, 5.41) is 35.0. The van der Waals surface area contributed by atoms with Gasteiger partial charge in [0.05, 0.1) is 33.6 Å². The van der Waals surface area contributed by atoms with Crippen molar-refractivity contribution in [2.24, 2.45) is 11.3 Å². The molecular weight excluding hydrogens is 1010 g/mol. The van der Waals surface area contributed by atoms with Crippen molar-refractivity contribution < 1.29 is 33.5 Å². The number of aromatic hydroxyl groups is 1. The summed E-state index contributed by atoms with van der Waals surface area (Å²) >= 11 is 1.59. The van der Waals surface area contributed by atoms with Crippen LogP contribution in [-0.4, -0.2) is 140 Å². The minimum Gasteiger partial charge on any atom is -0.508 e. The summed E-state index contributed by atoms with van der Waals surface area (Å²) in [5.41, 5.74) is 6.75. The smallest absolute Gasteiger partial charge is 0.319 e. The number of rotatable bonds is 15. The lowest BCUT2D eigenvalue weighted by atomic mass is 9.72. The molecule has 0 radical (unpaired) electrons. The summed E-state index contributed by atoms with van der Waals surface area (Å²) in [4.78, 5) is 56.5. The van der Waals surface area contributed by atoms with Crippen LogP contribution in [0.1, 0.15) is 94.3 Å². The van der Waals surface area contributed by atoms with E-state index >= 15 is 4.39 Å². The van der Waals surface area contributed by atoms with Gasteiger partial charge in [-0.2, -0.15) is 9.97 Å². The van der Waals surface area contributed by atoms with Crippen LogP contribution in [0.2, 0.25) is 0 Å². The Labute approximate surface area is 457 Å². The number of carbonyl (C=O) groups is 2. The van der Waals surface area contributed by atoms with Crippen molar-refractivity contribution in [2.75, 3.05) is 68.8 Å². The summed E-state index contributed by atoms with van der Waals surface area (Å²) in [7, 11) is 0. The number of nitrogens with zero attached hydrogens (tertiary/aromatic N) is 9. The molecule has 2 amide bonds. The number of piperidine rings is 1. The Morgan fingerprint density at radius 3 is 2.47 bits per heavy atom. The van der Waals surface area contributed by atoms with Crippen molar-refractivity contribution >= 4 is 56.5 Å². The molecule has 0 saturated carbocycles. The van der Waals surface area contributed by atoms with Crippen LogP contribution >= 0.6 is 11.3 Å². The number of amides is 2. The normalized spacial score (nSPS) is 21.9. The molecule has 5 aliphatic rings. The number of piperazine rings is 1. The molecule has 2 unspecified atom stereocenters. The number of nitrogens with one attached hydrogen (secondary N) is 2. The number of anilines is 2. The number of hydrogen-bond donors (Lipinski definition) is 4. The molecule has 78 heavy (non-hydrogen) atoms. The average molecular weight is 1080 g/mol. The predicted molar refractivity (Wildman–Crippen MR) is 298 cm³/mol. The van der Waals surface area contributed by atoms with E-state index in [0.29, 0.717) is 53.6 Å². The van der Waals surface area contributed by atoms with Crippen LogP contribution in [0.3, 0.4) is 0 Å². The number of pyridine rings is 1. The van der Waals surface area contributed by atoms with Gasteiger partial charge in [0.2, 0.25) is 11.8 Å². The number of halogens is 1. The Morgan fingerprint density at radius 2 is 1.76 bits per heavy atom. The standard InChI is InChI=1S/C59H68FN11O6S/c1-6-36-8-7-9-39-22-42(72)23-44(50(36)39)52-51(60)53-45(26-61-52)55(69-27-40-14-15-41(28-69)64-40)66-58(65-53)76-21-20-68-18-16-59(17-19-68)30-70(31-59)48-25-47(77-67-48)49(33(2)3)57(75)71-29-43(73)24-46(71)56(74)63-34(4)37-10-12-38(13-11-37)54-35(5)62-32-78-54/h7-13,22-23,25-26,32-34,40-41,43,46,49,64,72-73H,6,14-21,24,27-31H2,1-5H3,(H,63,74)/t34-,40?,41?,43+,46-,49+/m0/s1. The summed E-state index contributed by atoms with van der Waals surface area (Å²) < 4.78 is 29.4. The number of β-amino-alcohol motifs (C(OH)–C–C–N with tert-alkyl or cyclic N) is 1. The first-order valence-corrected chi connectivity index (χ1v) is 28.6. The van der Waals surface area contributed by atoms with Crippen LogP contribution in [0.4, 0.5) is 16.0 Å². The van der Waals surface area contributed by atoms with E-state index in [1.54, 1.807) is 29.7 Å². The third-order valence-corrected chi connectivity index (χ3v) is 18.2. The molecule has 1 spiro atoms. The quantitative estimate of drug-likeness (QED) is 0.0766. The monoisotopic (exact) mass is 1080 g/mol. The number of phenols is 1. The summed E-state index contributed by atoms with van der Waals surface area (Å²) in [6.45, 7) is 15.8. The Hall–Kier alpha value is -6.80. The summed E-state index contributed by atoms with van der Waals surface area (Å²) in [6, 6.07) is 18.7. The van der Waals surface area contributed by atoms with Gasteiger partial charge >= 0.3 is 6.01 Å². The largest absolute Gasteiger partial charge is 0.508 e. The van der Waals surface area contributed by atoms with E-state index in [0.717, 1.165) is 109 Å². The molecule has 4 N–H and O–H groups in total. The highest BCUT2D eigenvalue weighted by molar-refractivity contribution is 7.13. The fraction of sp³-hybridized carbons (Fsp3) is 0.475. The van der Waals surface area contributed by atoms with Crippen molar-refractivity contribution in [1.82, 2.24) is 45.5 Å². The van der Waals surface area contributed by atoms with Crippen LogP contribution in [0.15, 0.2) is 76.9 Å². The molecule has 6 atom stereocenters. The minimum absolute atomic E-state index is 0.0369. The topological polar surface area (TPSA) is 198 Å². The van der Waals surface area contributed by atoms with Gasteiger partial charge in [-0.15, -0.1) is 11.3 Å². The number of benzene rings is 3. The summed E-state index contributed by atoms with van der Waals surface area (Å²) in [6.07, 6.45) is 5.87. The molecule has 17 nitrogen and oxygen atoms in total. The maximum Gasteiger partial charge on any atom is 0.319 e. The number of fused-ring (bicyclic) bond motifs is 4. The first kappa shape index (κ1) is 51.9. The zero-order valence-corrected chi connectivity index (χ0v) is 45.7. The number of aromatic nitrogens is 5. The maximum absolute atomic E-state index is 17.1. The van der Waals surface area contributed by atoms with Gasteiger partial charge in [0.1, 0.15) is 41.3 Å². The van der Waals surface area contributed by atoms with Crippen molar-refractivity contribution in [1.29, 1.82) is 0 Å². The SMILES string of the molecule is CCc1cccc2cc(O)cc(-c3ncc4c(N5CC6CCC(C5)N6)nc(OCCN5CCC6(CC5)CN(c5cc([C@H](C(=O)N7C[C@H](O)C[C@H]7C(=O)N[C@@H](C)c7ccc(-c8scnc8C)cc7)C(C)C)on5)C6)nc4c3F)c12. The molecule has 9 heterocycles. The first-order valence-electron chi connectivity index (χ1n) is 27.7. The zero-order chi connectivity index (χ0) is 54.0. The molecule has 5 fully saturated rings. The summed E-state index contributed by atoms with van der Waals surface area (Å²) in [5.74, 6) is -0.205. The van der Waals surface area contributed by atoms with E-state index in [1.807, 2.05) is 81.7 Å². The Morgan fingerprint density at radius 1 is 0.987 bits per heavy atom. The van der Waals surface area contributed by atoms with Crippen LogP contribution in [0.25, 0.3) is 43.4 Å². The number of hydrogen-bond acceptors (Lipinski definition) is 16. The lowest BCUT2D eigenvalue weighted by molar-refractivity contribution is -0.141. The van der Waals surface area contributed by atoms with Gasteiger partial charge < -0.3 is 44.8 Å². The molecule has 408 valence electrons. The van der Waals surface area contributed by atoms with Gasteiger partial charge in [-0.05, 0) is 105 Å². The maximum atomic E-state index is 17.1. The van der Waals surface area contributed by atoms with E-state index in [-0.39, 0.29) is 65.1 Å². The van der Waals surface area contributed by atoms with Gasteiger partial charge in [-0.25, -0.2) is 9.37 Å². The number of phenolic OH excluding ortho intramolecular Hbond substituents is 1. The highest BCUT2D eigenvalue weighted by Gasteiger charge is 2.47. The zero-order valence-electron chi connectivity index (χ0n) is 44.9. The lowest BCUT2D eigenvalue weighted by Crippen LogP contribution is -2.60. The van der Waals surface area contributed by atoms with Crippen molar-refractivity contribution in [3.05, 3.63) is 101 Å². The van der Waals surface area contributed by atoms with E-state index in [2.05, 4.69) is 42.4 Å². The molecule has 19 heteroatoms. The number of likely N-dealkylation sites (tertiary alicyclic amines) is 2. The molecule has 5 saturated heterocycles. The molecule has 4 aromatic heterocycles. The first-order chi connectivity index (χ1) is 37.7. The molecule has 7 aromatic rings. The van der Waals surface area contributed by atoms with Crippen LogP contribution in [0.5, 0.6) is 11.8 Å². The number of aliphatic hydroxyl groups excluding tert-OH is 1. The molecule has 5 aliphatic heterocycles. The van der Waals surface area contributed by atoms with E-state index in [4.69, 9.17) is 24.2 Å². The number of carbonyl (C=O) groups excluding carboxylic acids is 2. The molecule has 3 aromatic carbocycles. The predicted octanol–water partition coefficient (Wildman–Crippen LogP) is 8.17. The van der Waals surface area contributed by atoms with Gasteiger partial charge in [-0.1, -0.05) is 68.4 Å². The van der Waals surface area contributed by atoms with Crippen molar-refractivity contribution in [2.45, 2.75) is 109 Å². The van der Waals surface area contributed by atoms with E-state index in [1.165, 1.54) is 4.90 Å².